The minimum atomic E-state index is -0.285. The van der Waals surface area contributed by atoms with Crippen molar-refractivity contribution in [1.82, 2.24) is 0 Å². The second kappa shape index (κ2) is 6.09. The Labute approximate surface area is 102 Å². The highest BCUT2D eigenvalue weighted by Crippen LogP contribution is 2.13. The highest BCUT2D eigenvalue weighted by atomic mass is 16.5. The highest BCUT2D eigenvalue weighted by molar-refractivity contribution is 5.87. The zero-order valence-corrected chi connectivity index (χ0v) is 10.8. The van der Waals surface area contributed by atoms with Gasteiger partial charge in [-0.25, -0.2) is 4.79 Å². The molecule has 92 valence electrons. The van der Waals surface area contributed by atoms with Crippen molar-refractivity contribution < 1.29 is 9.53 Å². The Bertz CT molecular complexity index is 436. The zero-order valence-electron chi connectivity index (χ0n) is 10.8. The van der Waals surface area contributed by atoms with E-state index in [0.717, 1.165) is 5.69 Å². The van der Waals surface area contributed by atoms with Crippen molar-refractivity contribution in [2.24, 2.45) is 0 Å². The van der Waals surface area contributed by atoms with E-state index >= 15 is 0 Å². The van der Waals surface area contributed by atoms with E-state index in [1.54, 1.807) is 6.92 Å². The lowest BCUT2D eigenvalue weighted by atomic mass is 10.1. The third kappa shape index (κ3) is 3.94. The first kappa shape index (κ1) is 13.3. The molecular formula is C14H19NO2. The van der Waals surface area contributed by atoms with Gasteiger partial charge in [0.2, 0.25) is 0 Å². The SMILES string of the molecule is COC(=O)/C(C)=C/CNc1ccc(C)c(C)c1. The molecule has 3 nitrogen and oxygen atoms in total. The molecule has 0 bridgehead atoms. The molecule has 0 radical (unpaired) electrons. The number of hydrogen-bond donors (Lipinski definition) is 1. The van der Waals surface area contributed by atoms with Gasteiger partial charge in [0.25, 0.3) is 0 Å². The van der Waals surface area contributed by atoms with E-state index in [-0.39, 0.29) is 5.97 Å². The Hall–Kier alpha value is -1.77. The molecule has 0 heterocycles. The summed E-state index contributed by atoms with van der Waals surface area (Å²) in [5.74, 6) is -0.285. The van der Waals surface area contributed by atoms with Crippen LogP contribution in [0.25, 0.3) is 0 Å². The van der Waals surface area contributed by atoms with Crippen LogP contribution < -0.4 is 5.32 Å². The van der Waals surface area contributed by atoms with Crippen LogP contribution >= 0.6 is 0 Å². The van der Waals surface area contributed by atoms with Crippen LogP contribution in [0.2, 0.25) is 0 Å². The molecule has 0 aliphatic heterocycles. The van der Waals surface area contributed by atoms with E-state index in [1.807, 2.05) is 12.1 Å². The lowest BCUT2D eigenvalue weighted by Crippen LogP contribution is -2.05. The van der Waals surface area contributed by atoms with Gasteiger partial charge in [-0.2, -0.15) is 0 Å². The molecule has 0 amide bonds. The summed E-state index contributed by atoms with van der Waals surface area (Å²) >= 11 is 0. The third-order valence-electron chi connectivity index (χ3n) is 2.73. The number of methoxy groups -OCH3 is 1. The Morgan fingerprint density at radius 2 is 2.06 bits per heavy atom. The van der Waals surface area contributed by atoms with Gasteiger partial charge in [-0.15, -0.1) is 0 Å². The topological polar surface area (TPSA) is 38.3 Å². The number of nitrogens with one attached hydrogen (secondary N) is 1. The normalized spacial score (nSPS) is 11.2. The van der Waals surface area contributed by atoms with Crippen molar-refractivity contribution in [3.63, 3.8) is 0 Å². The molecule has 0 aromatic heterocycles. The third-order valence-corrected chi connectivity index (χ3v) is 2.73. The van der Waals surface area contributed by atoms with Crippen LogP contribution in [0, 0.1) is 13.8 Å². The minimum absolute atomic E-state index is 0.285. The molecule has 1 aromatic rings. The van der Waals surface area contributed by atoms with Gasteiger partial charge in [0.1, 0.15) is 0 Å². The Morgan fingerprint density at radius 3 is 2.65 bits per heavy atom. The largest absolute Gasteiger partial charge is 0.466 e. The van der Waals surface area contributed by atoms with Crippen molar-refractivity contribution in [3.05, 3.63) is 41.0 Å². The maximum absolute atomic E-state index is 11.1. The summed E-state index contributed by atoms with van der Waals surface area (Å²) in [6.45, 7) is 6.52. The minimum Gasteiger partial charge on any atom is -0.466 e. The number of anilines is 1. The number of ether oxygens (including phenoxy) is 1. The van der Waals surface area contributed by atoms with E-state index in [2.05, 4.69) is 36.0 Å². The van der Waals surface area contributed by atoms with Crippen molar-refractivity contribution in [2.45, 2.75) is 20.8 Å². The fourth-order valence-electron chi connectivity index (χ4n) is 1.42. The smallest absolute Gasteiger partial charge is 0.333 e. The number of carbonyl (C=O) groups is 1. The fourth-order valence-corrected chi connectivity index (χ4v) is 1.42. The number of rotatable bonds is 4. The second-order valence-corrected chi connectivity index (χ2v) is 4.06. The summed E-state index contributed by atoms with van der Waals surface area (Å²) < 4.78 is 4.61. The molecule has 1 N–H and O–H groups in total. The summed E-state index contributed by atoms with van der Waals surface area (Å²) in [6.07, 6.45) is 1.82. The Morgan fingerprint density at radius 1 is 1.35 bits per heavy atom. The number of esters is 1. The van der Waals surface area contributed by atoms with Crippen LogP contribution in [0.1, 0.15) is 18.1 Å². The molecule has 0 atom stereocenters. The van der Waals surface area contributed by atoms with E-state index in [9.17, 15) is 4.79 Å². The molecule has 3 heteroatoms. The van der Waals surface area contributed by atoms with Crippen molar-refractivity contribution in [1.29, 1.82) is 0 Å². The van der Waals surface area contributed by atoms with Crippen LogP contribution in [0.15, 0.2) is 29.8 Å². The van der Waals surface area contributed by atoms with E-state index in [0.29, 0.717) is 12.1 Å². The quantitative estimate of drug-likeness (QED) is 0.642. The van der Waals surface area contributed by atoms with Gasteiger partial charge in [0.05, 0.1) is 7.11 Å². The van der Waals surface area contributed by atoms with E-state index in [1.165, 1.54) is 18.2 Å². The average Bonchev–Trinajstić information content (AvgIpc) is 2.32. The van der Waals surface area contributed by atoms with Gasteiger partial charge >= 0.3 is 5.97 Å². The standard InChI is InChI=1S/C14H19NO2/c1-10-5-6-13(9-12(10)3)15-8-7-11(2)14(16)17-4/h5-7,9,15H,8H2,1-4H3/b11-7+. The average molecular weight is 233 g/mol. The molecule has 0 unspecified atom stereocenters. The molecule has 0 saturated heterocycles. The first-order chi connectivity index (χ1) is 8.04. The molecule has 0 spiro atoms. The van der Waals surface area contributed by atoms with Gasteiger partial charge in [0, 0.05) is 17.8 Å². The van der Waals surface area contributed by atoms with Crippen molar-refractivity contribution in [2.75, 3.05) is 19.0 Å². The Balaban J connectivity index is 2.56. The molecule has 0 aliphatic carbocycles. The molecular weight excluding hydrogens is 214 g/mol. The first-order valence-corrected chi connectivity index (χ1v) is 5.61. The van der Waals surface area contributed by atoms with Gasteiger partial charge < -0.3 is 10.1 Å². The highest BCUT2D eigenvalue weighted by Gasteiger charge is 2.01. The van der Waals surface area contributed by atoms with Gasteiger partial charge in [-0.1, -0.05) is 12.1 Å². The summed E-state index contributed by atoms with van der Waals surface area (Å²) in [7, 11) is 1.39. The number of hydrogen-bond acceptors (Lipinski definition) is 3. The number of benzene rings is 1. The maximum Gasteiger partial charge on any atom is 0.333 e. The maximum atomic E-state index is 11.1. The molecule has 17 heavy (non-hydrogen) atoms. The van der Waals surface area contributed by atoms with Gasteiger partial charge in [-0.05, 0) is 44.0 Å². The number of carbonyl (C=O) groups excluding carboxylic acids is 1. The predicted octanol–water partition coefficient (Wildman–Crippen LogP) is 2.83. The zero-order chi connectivity index (χ0) is 12.8. The summed E-state index contributed by atoms with van der Waals surface area (Å²) in [4.78, 5) is 11.1. The Kier molecular flexibility index (Phi) is 4.76. The van der Waals surface area contributed by atoms with Crippen LogP contribution in [0.5, 0.6) is 0 Å². The molecule has 1 aromatic carbocycles. The van der Waals surface area contributed by atoms with Crippen LogP contribution in [0.4, 0.5) is 5.69 Å². The lowest BCUT2D eigenvalue weighted by molar-refractivity contribution is -0.136. The van der Waals surface area contributed by atoms with Gasteiger partial charge in [-0.3, -0.25) is 0 Å². The molecule has 0 saturated carbocycles. The monoisotopic (exact) mass is 233 g/mol. The van der Waals surface area contributed by atoms with E-state index in [4.69, 9.17) is 0 Å². The molecule has 1 rings (SSSR count). The van der Waals surface area contributed by atoms with Crippen LogP contribution in [0.3, 0.4) is 0 Å². The van der Waals surface area contributed by atoms with E-state index < -0.39 is 0 Å². The van der Waals surface area contributed by atoms with Crippen molar-refractivity contribution >= 4 is 11.7 Å². The first-order valence-electron chi connectivity index (χ1n) is 5.61. The fraction of sp³-hybridized carbons (Fsp3) is 0.357. The second-order valence-electron chi connectivity index (χ2n) is 4.06. The molecule has 0 fully saturated rings. The molecule has 0 aliphatic rings. The lowest BCUT2D eigenvalue weighted by Gasteiger charge is -2.07. The predicted molar refractivity (Wildman–Crippen MR) is 70.2 cm³/mol. The van der Waals surface area contributed by atoms with Crippen LogP contribution in [-0.4, -0.2) is 19.6 Å². The summed E-state index contributed by atoms with van der Waals surface area (Å²) in [6, 6.07) is 6.20. The van der Waals surface area contributed by atoms with Crippen molar-refractivity contribution in [3.8, 4) is 0 Å². The van der Waals surface area contributed by atoms with Crippen LogP contribution in [-0.2, 0) is 9.53 Å². The van der Waals surface area contributed by atoms with Gasteiger partial charge in [0.15, 0.2) is 0 Å². The number of aryl methyl sites for hydroxylation is 2. The summed E-state index contributed by atoms with van der Waals surface area (Å²) in [5, 5.41) is 3.24. The summed E-state index contributed by atoms with van der Waals surface area (Å²) in [5.41, 5.74) is 4.20.